The van der Waals surface area contributed by atoms with Gasteiger partial charge in [-0.15, -0.1) is 0 Å². The fraction of sp³-hybridized carbons (Fsp3) is 1.00. The van der Waals surface area contributed by atoms with Crippen molar-refractivity contribution in [3.05, 3.63) is 0 Å². The summed E-state index contributed by atoms with van der Waals surface area (Å²) in [4.78, 5) is 129. The molecule has 236 valence electrons. The minimum absolute atomic E-state index is 0. The lowest BCUT2D eigenvalue weighted by Crippen LogP contribution is -1.85. The average molecular weight is 704 g/mol. The van der Waals surface area contributed by atoms with Crippen LogP contribution in [0, 0.1) is 0 Å². The van der Waals surface area contributed by atoms with Gasteiger partial charge in [0.25, 0.3) is 0 Å². The third-order valence-electron chi connectivity index (χ3n) is 1.50. The van der Waals surface area contributed by atoms with E-state index in [0.29, 0.717) is 0 Å². The lowest BCUT2D eigenvalue weighted by molar-refractivity contribution is 0.272. The summed E-state index contributed by atoms with van der Waals surface area (Å²) in [5, 5.41) is 0. The van der Waals surface area contributed by atoms with Gasteiger partial charge in [0.05, 0.1) is 0 Å². The number of rotatable bonds is 0. The van der Waals surface area contributed by atoms with Crippen LogP contribution >= 0.6 is 46.9 Å². The summed E-state index contributed by atoms with van der Waals surface area (Å²) in [6.07, 6.45) is 9.00. The molecular formula is C6H34O24P6Si. The van der Waals surface area contributed by atoms with Crippen molar-refractivity contribution in [3.8, 4) is 0 Å². The molecule has 0 radical (unpaired) electrons. The van der Waals surface area contributed by atoms with Gasteiger partial charge in [0.2, 0.25) is 0 Å². The van der Waals surface area contributed by atoms with Gasteiger partial charge in [-0.25, -0.2) is 27.4 Å². The molecule has 0 aliphatic heterocycles. The third kappa shape index (κ3) is 949. The van der Waals surface area contributed by atoms with Crippen molar-refractivity contribution in [2.24, 2.45) is 0 Å². The Labute approximate surface area is 212 Å². The molecule has 0 bridgehead atoms. The molecule has 1 aliphatic rings. The van der Waals surface area contributed by atoms with Gasteiger partial charge in [0, 0.05) is 0 Å². The molecule has 0 heterocycles. The number of hydrogen-bond donors (Lipinski definition) is 18. The molecule has 18 N–H and O–H groups in total. The van der Waals surface area contributed by atoms with Gasteiger partial charge in [0.1, 0.15) is 0 Å². The van der Waals surface area contributed by atoms with Crippen molar-refractivity contribution >= 4 is 57.9 Å². The molecule has 1 rings (SSSR count). The van der Waals surface area contributed by atoms with Gasteiger partial charge in [-0.3, -0.25) is 0 Å². The molecule has 37 heavy (non-hydrogen) atoms. The molecule has 0 aromatic rings. The van der Waals surface area contributed by atoms with Crippen molar-refractivity contribution in [1.29, 1.82) is 0 Å². The Morgan fingerprint density at radius 2 is 0.270 bits per heavy atom. The van der Waals surface area contributed by atoms with Crippen LogP contribution in [0.3, 0.4) is 0 Å². The zero-order valence-corrected chi connectivity index (χ0v) is 22.8. The monoisotopic (exact) mass is 704 g/mol. The molecular weight excluding hydrogens is 670 g/mol. The molecule has 0 saturated heterocycles. The minimum atomic E-state index is -4.64. The maximum absolute atomic E-state index is 8.88. The first-order valence-corrected chi connectivity index (χ1v) is 17.1. The molecule has 0 aromatic heterocycles. The molecule has 24 nitrogen and oxygen atoms in total. The summed E-state index contributed by atoms with van der Waals surface area (Å²) < 4.78 is 53.3. The first kappa shape index (κ1) is 54.0. The largest absolute Gasteiger partial charge is 0.466 e. The molecule has 0 unspecified atom stereocenters. The highest BCUT2D eigenvalue weighted by molar-refractivity contribution is 7.46. The normalized spacial score (nSPS) is 13.5. The maximum Gasteiger partial charge on any atom is 0.466 e. The molecule has 1 saturated carbocycles. The van der Waals surface area contributed by atoms with Gasteiger partial charge < -0.3 is 88.1 Å². The van der Waals surface area contributed by atoms with Gasteiger partial charge in [0.15, 0.2) is 0 Å². The Morgan fingerprint density at radius 3 is 0.297 bits per heavy atom. The smallest absolute Gasteiger partial charge is 0.303 e. The van der Waals surface area contributed by atoms with Crippen molar-refractivity contribution in [3.63, 3.8) is 0 Å². The molecule has 0 spiro atoms. The van der Waals surface area contributed by atoms with Crippen LogP contribution in [0.2, 0.25) is 0 Å². The average Bonchev–Trinajstić information content (AvgIpc) is 2.37. The first-order valence-electron chi connectivity index (χ1n) is 7.70. The van der Waals surface area contributed by atoms with Crippen LogP contribution in [0.5, 0.6) is 0 Å². The Hall–Kier alpha value is 0.877. The molecule has 1 fully saturated rings. The van der Waals surface area contributed by atoms with E-state index in [4.69, 9.17) is 115 Å². The van der Waals surface area contributed by atoms with Crippen LogP contribution in [0.4, 0.5) is 0 Å². The molecule has 0 atom stereocenters. The molecule has 1 aliphatic carbocycles. The van der Waals surface area contributed by atoms with Gasteiger partial charge in [-0.2, -0.15) is 0 Å². The predicted octanol–water partition coefficient (Wildman–Crippen LogP) is -4.68. The van der Waals surface area contributed by atoms with E-state index < -0.39 is 46.9 Å². The topological polar surface area (TPSA) is 467 Å². The van der Waals surface area contributed by atoms with Crippen molar-refractivity contribution in [2.75, 3.05) is 0 Å². The van der Waals surface area contributed by atoms with E-state index in [0.717, 1.165) is 0 Å². The quantitative estimate of drug-likeness (QED) is 0.0832. The maximum atomic E-state index is 8.88. The fourth-order valence-electron chi connectivity index (χ4n) is 1.06. The Balaban J connectivity index is -0.0000000566. The van der Waals surface area contributed by atoms with Gasteiger partial charge >= 0.3 is 46.9 Å². The second-order valence-corrected chi connectivity index (χ2v) is 11.4. The summed E-state index contributed by atoms with van der Waals surface area (Å²) in [6, 6.07) is 0. The number of hydrogen-bond acceptors (Lipinski definition) is 6. The van der Waals surface area contributed by atoms with Crippen LogP contribution in [-0.2, 0) is 27.4 Å². The van der Waals surface area contributed by atoms with E-state index in [-0.39, 0.29) is 11.0 Å². The second kappa shape index (κ2) is 25.8. The SMILES string of the molecule is C1CCCCC1.O=P(O)(O)O.O=P(O)(O)O.O=P(O)(O)O.O=P(O)(O)O.O=P(O)(O)O.O=P(O)(O)O.[SiH4]. The van der Waals surface area contributed by atoms with Crippen LogP contribution < -0.4 is 0 Å². The Morgan fingerprint density at radius 1 is 0.243 bits per heavy atom. The zero-order valence-electron chi connectivity index (χ0n) is 17.4. The van der Waals surface area contributed by atoms with E-state index in [1.54, 1.807) is 0 Å². The molecule has 0 aromatic carbocycles. The zero-order chi connectivity index (χ0) is 31.2. The van der Waals surface area contributed by atoms with Crippen molar-refractivity contribution < 1.29 is 115 Å². The standard InChI is InChI=1S/C6H12.6H3O4P.H4Si/c1-2-4-6-5-3-1;6*1-5(2,3)4;/h1-6H2;6*(H3,1,2,3,4);1H4. The van der Waals surface area contributed by atoms with Crippen LogP contribution in [0.15, 0.2) is 0 Å². The van der Waals surface area contributed by atoms with Gasteiger partial charge in [-0.05, 0) is 11.0 Å². The minimum Gasteiger partial charge on any atom is -0.303 e. The highest BCUT2D eigenvalue weighted by Gasteiger charge is 2.02. The van der Waals surface area contributed by atoms with Crippen LogP contribution in [0.1, 0.15) is 38.5 Å². The molecule has 31 heteroatoms. The van der Waals surface area contributed by atoms with Crippen molar-refractivity contribution in [2.45, 2.75) is 38.5 Å². The Kier molecular flexibility index (Phi) is 37.7. The lowest BCUT2D eigenvalue weighted by Gasteiger charge is -2.05. The summed E-state index contributed by atoms with van der Waals surface area (Å²) in [5.41, 5.74) is 0. The highest BCUT2D eigenvalue weighted by Crippen LogP contribution is 2.27. The van der Waals surface area contributed by atoms with Crippen LogP contribution in [0.25, 0.3) is 0 Å². The van der Waals surface area contributed by atoms with Crippen molar-refractivity contribution in [1.82, 2.24) is 0 Å². The second-order valence-electron chi connectivity index (χ2n) is 5.20. The van der Waals surface area contributed by atoms with E-state index in [1.165, 1.54) is 38.5 Å². The van der Waals surface area contributed by atoms with Gasteiger partial charge in [-0.1, -0.05) is 38.5 Å². The van der Waals surface area contributed by atoms with E-state index in [9.17, 15) is 0 Å². The summed E-state index contributed by atoms with van der Waals surface area (Å²) >= 11 is 0. The summed E-state index contributed by atoms with van der Waals surface area (Å²) in [7, 11) is -27.8. The van der Waals surface area contributed by atoms with E-state index in [1.807, 2.05) is 0 Å². The Bertz CT molecular complexity index is 557. The fourth-order valence-corrected chi connectivity index (χ4v) is 1.06. The van der Waals surface area contributed by atoms with Crippen LogP contribution in [-0.4, -0.2) is 99.0 Å². The first-order chi connectivity index (χ1) is 15.0. The van der Waals surface area contributed by atoms with E-state index in [2.05, 4.69) is 0 Å². The molecule has 0 amide bonds. The predicted molar refractivity (Wildman–Crippen MR) is 125 cm³/mol. The number of phosphoric acid groups is 6. The summed E-state index contributed by atoms with van der Waals surface area (Å²) in [6.45, 7) is 0. The third-order valence-corrected chi connectivity index (χ3v) is 1.50. The summed E-state index contributed by atoms with van der Waals surface area (Å²) in [5.74, 6) is 0. The highest BCUT2D eigenvalue weighted by atomic mass is 31.2. The van der Waals surface area contributed by atoms with E-state index >= 15 is 0 Å². The lowest BCUT2D eigenvalue weighted by atomic mass is 10.0.